The summed E-state index contributed by atoms with van der Waals surface area (Å²) < 4.78 is 25.3. The highest BCUT2D eigenvalue weighted by molar-refractivity contribution is 5.99. The first-order chi connectivity index (χ1) is 19.3. The van der Waals surface area contributed by atoms with Crippen molar-refractivity contribution < 1.29 is 28.2 Å². The summed E-state index contributed by atoms with van der Waals surface area (Å²) in [6, 6.07) is 20.8. The van der Waals surface area contributed by atoms with Crippen molar-refractivity contribution in [1.82, 2.24) is 15.1 Å². The molecule has 9 heteroatoms. The highest BCUT2D eigenvalue weighted by Gasteiger charge is 2.54. The van der Waals surface area contributed by atoms with Crippen LogP contribution in [-0.2, 0) is 9.53 Å². The van der Waals surface area contributed by atoms with Crippen LogP contribution in [0.5, 0.6) is 5.75 Å². The third kappa shape index (κ3) is 5.42. The first kappa shape index (κ1) is 27.3. The summed E-state index contributed by atoms with van der Waals surface area (Å²) >= 11 is 0. The Hall–Kier alpha value is -4.24. The van der Waals surface area contributed by atoms with Crippen molar-refractivity contribution >= 4 is 17.7 Å². The number of piperidine rings is 1. The quantitative estimate of drug-likeness (QED) is 0.502. The second kappa shape index (κ2) is 11.5. The molecule has 2 aliphatic heterocycles. The Labute approximate surface area is 232 Å². The number of benzene rings is 3. The van der Waals surface area contributed by atoms with E-state index in [2.05, 4.69) is 5.32 Å². The summed E-state index contributed by atoms with van der Waals surface area (Å²) in [7, 11) is 1.52. The van der Waals surface area contributed by atoms with Gasteiger partial charge in [-0.1, -0.05) is 42.5 Å². The second-order valence-corrected chi connectivity index (χ2v) is 10.1. The molecule has 2 fully saturated rings. The predicted octanol–water partition coefficient (Wildman–Crippen LogP) is 4.19. The van der Waals surface area contributed by atoms with E-state index in [9.17, 15) is 18.8 Å². The zero-order valence-corrected chi connectivity index (χ0v) is 22.5. The normalized spacial score (nSPS) is 18.8. The first-order valence-electron chi connectivity index (χ1n) is 13.3. The van der Waals surface area contributed by atoms with Crippen LogP contribution in [0, 0.1) is 5.82 Å². The molecular weight excluding hydrogens is 513 g/mol. The Kier molecular flexibility index (Phi) is 7.84. The van der Waals surface area contributed by atoms with E-state index in [1.165, 1.54) is 25.3 Å². The molecule has 0 unspecified atom stereocenters. The van der Waals surface area contributed by atoms with Crippen molar-refractivity contribution in [1.29, 1.82) is 0 Å². The number of carbonyl (C=O) groups is 3. The molecule has 0 aromatic heterocycles. The highest BCUT2D eigenvalue weighted by atomic mass is 19.1. The SMILES string of the molecule is COc1cccc(C(=O)N2[C@H](C(=O)N[C@@H](C)c3ccccc3)COC23CCN(C(=O)c2cccc(F)c2)CC3)c1. The molecule has 1 spiro atoms. The standard InChI is InChI=1S/C31H32FN3O5/c1-21(22-8-4-3-5-9-22)33-28(36)27-20-40-31(35(27)30(38)24-11-7-13-26(19-24)39-2)14-16-34(17-15-31)29(37)23-10-6-12-25(32)18-23/h3-13,18-19,21,27H,14-17,20H2,1-2H3,(H,33,36)/t21-,27-/m0/s1. The van der Waals surface area contributed by atoms with Gasteiger partial charge in [-0.15, -0.1) is 0 Å². The molecule has 2 atom stereocenters. The van der Waals surface area contributed by atoms with Gasteiger partial charge in [0, 0.05) is 37.1 Å². The smallest absolute Gasteiger partial charge is 0.257 e. The monoisotopic (exact) mass is 545 g/mol. The molecule has 3 aromatic carbocycles. The molecule has 2 heterocycles. The molecule has 5 rings (SSSR count). The molecule has 8 nitrogen and oxygen atoms in total. The first-order valence-corrected chi connectivity index (χ1v) is 13.3. The van der Waals surface area contributed by atoms with Crippen LogP contribution in [0.15, 0.2) is 78.9 Å². The average molecular weight is 546 g/mol. The lowest BCUT2D eigenvalue weighted by Crippen LogP contribution is -2.60. The van der Waals surface area contributed by atoms with Crippen LogP contribution in [0.3, 0.4) is 0 Å². The van der Waals surface area contributed by atoms with E-state index in [0.29, 0.717) is 24.2 Å². The third-order valence-corrected chi connectivity index (χ3v) is 7.66. The van der Waals surface area contributed by atoms with Gasteiger partial charge >= 0.3 is 0 Å². The number of rotatable bonds is 6. The Balaban J connectivity index is 1.39. The molecular formula is C31H32FN3O5. The van der Waals surface area contributed by atoms with Gasteiger partial charge < -0.3 is 19.7 Å². The summed E-state index contributed by atoms with van der Waals surface area (Å²) in [6.07, 6.45) is 0.615. The summed E-state index contributed by atoms with van der Waals surface area (Å²) in [4.78, 5) is 43.8. The van der Waals surface area contributed by atoms with E-state index in [0.717, 1.165) is 5.56 Å². The van der Waals surface area contributed by atoms with Crippen LogP contribution in [0.1, 0.15) is 52.1 Å². The van der Waals surface area contributed by atoms with E-state index < -0.39 is 17.6 Å². The fourth-order valence-electron chi connectivity index (χ4n) is 5.46. The number of halogens is 1. The Morgan fingerprint density at radius 3 is 2.30 bits per heavy atom. The molecule has 2 saturated heterocycles. The van der Waals surface area contributed by atoms with E-state index in [-0.39, 0.29) is 49.0 Å². The Bertz CT molecular complexity index is 1390. The van der Waals surface area contributed by atoms with Gasteiger partial charge in [0.2, 0.25) is 5.91 Å². The van der Waals surface area contributed by atoms with E-state index in [1.807, 2.05) is 37.3 Å². The van der Waals surface area contributed by atoms with Gasteiger partial charge in [-0.2, -0.15) is 0 Å². The van der Waals surface area contributed by atoms with Gasteiger partial charge in [0.15, 0.2) is 0 Å². The van der Waals surface area contributed by atoms with Gasteiger partial charge in [0.1, 0.15) is 23.3 Å². The van der Waals surface area contributed by atoms with Crippen molar-refractivity contribution in [3.63, 3.8) is 0 Å². The Morgan fingerprint density at radius 2 is 1.62 bits per heavy atom. The van der Waals surface area contributed by atoms with Gasteiger partial charge in [-0.3, -0.25) is 19.3 Å². The van der Waals surface area contributed by atoms with Gasteiger partial charge in [-0.05, 0) is 48.9 Å². The van der Waals surface area contributed by atoms with E-state index >= 15 is 0 Å². The summed E-state index contributed by atoms with van der Waals surface area (Å²) in [5.41, 5.74) is 0.507. The third-order valence-electron chi connectivity index (χ3n) is 7.66. The lowest BCUT2D eigenvalue weighted by Gasteiger charge is -2.44. The van der Waals surface area contributed by atoms with Gasteiger partial charge in [0.05, 0.1) is 19.8 Å². The lowest BCUT2D eigenvalue weighted by molar-refractivity contribution is -0.128. The van der Waals surface area contributed by atoms with Crippen LogP contribution in [-0.4, -0.2) is 66.1 Å². The molecule has 2 aliphatic rings. The maximum absolute atomic E-state index is 14.0. The number of nitrogens with one attached hydrogen (secondary N) is 1. The van der Waals surface area contributed by atoms with Crippen molar-refractivity contribution in [2.24, 2.45) is 0 Å². The zero-order chi connectivity index (χ0) is 28.3. The van der Waals surface area contributed by atoms with Crippen LogP contribution in [0.2, 0.25) is 0 Å². The predicted molar refractivity (Wildman–Crippen MR) is 146 cm³/mol. The lowest BCUT2D eigenvalue weighted by atomic mass is 9.96. The number of carbonyl (C=O) groups excluding carboxylic acids is 3. The minimum absolute atomic E-state index is 0.0287. The van der Waals surface area contributed by atoms with Crippen LogP contribution < -0.4 is 10.1 Å². The number of likely N-dealkylation sites (tertiary alicyclic amines) is 1. The fourth-order valence-corrected chi connectivity index (χ4v) is 5.46. The van der Waals surface area contributed by atoms with Gasteiger partial charge in [0.25, 0.3) is 11.8 Å². The number of methoxy groups -OCH3 is 1. The molecule has 208 valence electrons. The molecule has 3 amide bonds. The van der Waals surface area contributed by atoms with Crippen LogP contribution >= 0.6 is 0 Å². The molecule has 0 bridgehead atoms. The summed E-state index contributed by atoms with van der Waals surface area (Å²) in [5.74, 6) is -0.915. The van der Waals surface area contributed by atoms with Crippen LogP contribution in [0.25, 0.3) is 0 Å². The second-order valence-electron chi connectivity index (χ2n) is 10.1. The minimum Gasteiger partial charge on any atom is -0.497 e. The highest BCUT2D eigenvalue weighted by Crippen LogP contribution is 2.39. The van der Waals surface area contributed by atoms with E-state index in [4.69, 9.17) is 9.47 Å². The average Bonchev–Trinajstić information content (AvgIpc) is 3.35. The topological polar surface area (TPSA) is 88.2 Å². The molecule has 0 aliphatic carbocycles. The van der Waals surface area contributed by atoms with Crippen molar-refractivity contribution in [3.05, 3.63) is 101 Å². The molecule has 0 radical (unpaired) electrons. The summed E-state index contributed by atoms with van der Waals surface area (Å²) in [5, 5.41) is 3.04. The molecule has 40 heavy (non-hydrogen) atoms. The van der Waals surface area contributed by atoms with Crippen molar-refractivity contribution in [3.8, 4) is 5.75 Å². The summed E-state index contributed by atoms with van der Waals surface area (Å²) in [6.45, 7) is 2.49. The Morgan fingerprint density at radius 1 is 0.950 bits per heavy atom. The molecule has 0 saturated carbocycles. The largest absolute Gasteiger partial charge is 0.497 e. The molecule has 1 N–H and O–H groups in total. The van der Waals surface area contributed by atoms with Crippen molar-refractivity contribution in [2.45, 2.75) is 37.6 Å². The zero-order valence-electron chi connectivity index (χ0n) is 22.5. The van der Waals surface area contributed by atoms with Crippen molar-refractivity contribution in [2.75, 3.05) is 26.8 Å². The van der Waals surface area contributed by atoms with E-state index in [1.54, 1.807) is 40.1 Å². The van der Waals surface area contributed by atoms with Crippen LogP contribution in [0.4, 0.5) is 4.39 Å². The molecule has 3 aromatic rings. The number of nitrogens with zero attached hydrogens (tertiary/aromatic N) is 2. The maximum Gasteiger partial charge on any atom is 0.257 e. The fraction of sp³-hybridized carbons (Fsp3) is 0.323. The number of amides is 3. The van der Waals surface area contributed by atoms with Gasteiger partial charge in [-0.25, -0.2) is 4.39 Å². The number of ether oxygens (including phenoxy) is 2. The number of hydrogen-bond acceptors (Lipinski definition) is 5. The minimum atomic E-state index is -1.07. The maximum atomic E-state index is 14.0. The number of hydrogen-bond donors (Lipinski definition) is 1.